The van der Waals surface area contributed by atoms with Crippen molar-refractivity contribution < 1.29 is 13.5 Å². The summed E-state index contributed by atoms with van der Waals surface area (Å²) in [6.45, 7) is 2.10. The Bertz CT molecular complexity index is 625. The number of halogens is 2. The predicted molar refractivity (Wildman–Crippen MR) is 84.1 cm³/mol. The highest BCUT2D eigenvalue weighted by Gasteiger charge is 2.31. The highest BCUT2D eigenvalue weighted by atomic mass is 35.5. The molecule has 0 radical (unpaired) electrons. The molecule has 0 aromatic heterocycles. The van der Waals surface area contributed by atoms with Crippen molar-refractivity contribution in [3.8, 4) is 0 Å². The Balaban J connectivity index is 2.25. The molecule has 118 valence electrons. The van der Waals surface area contributed by atoms with E-state index in [1.165, 1.54) is 12.1 Å². The average molecular weight is 352 g/mol. The first-order chi connectivity index (χ1) is 9.77. The molecule has 1 aromatic rings. The minimum atomic E-state index is -3.75. The molecule has 0 aliphatic heterocycles. The standard InChI is InChI=1S/C14H19Cl2NO3S/c1-14(4-2-3-5-14)9-17-21(19,20)12-7-11(15)6-10(8-18)13(12)16/h6-7,17-18H,2-5,8-9H2,1H3. The predicted octanol–water partition coefficient (Wildman–Crippen LogP) is 3.34. The fourth-order valence-electron chi connectivity index (χ4n) is 2.68. The van der Waals surface area contributed by atoms with E-state index in [0.717, 1.165) is 25.7 Å². The van der Waals surface area contributed by atoms with Gasteiger partial charge in [-0.05, 0) is 36.0 Å². The summed E-state index contributed by atoms with van der Waals surface area (Å²) >= 11 is 12.0. The minimum absolute atomic E-state index is 0.00205. The number of hydrogen-bond acceptors (Lipinski definition) is 3. The highest BCUT2D eigenvalue weighted by Crippen LogP contribution is 2.37. The number of hydrogen-bond donors (Lipinski definition) is 2. The van der Waals surface area contributed by atoms with E-state index in [2.05, 4.69) is 11.6 Å². The molecule has 0 amide bonds. The molecule has 1 aromatic carbocycles. The van der Waals surface area contributed by atoms with Gasteiger partial charge in [0.2, 0.25) is 10.0 Å². The minimum Gasteiger partial charge on any atom is -0.392 e. The van der Waals surface area contributed by atoms with Crippen LogP contribution >= 0.6 is 23.2 Å². The van der Waals surface area contributed by atoms with Gasteiger partial charge in [0.1, 0.15) is 4.90 Å². The van der Waals surface area contributed by atoms with Crippen molar-refractivity contribution in [1.29, 1.82) is 0 Å². The SMILES string of the molecule is CC1(CNS(=O)(=O)c2cc(Cl)cc(CO)c2Cl)CCCC1. The molecule has 0 saturated heterocycles. The van der Waals surface area contributed by atoms with Crippen LogP contribution in [0.3, 0.4) is 0 Å². The second-order valence-electron chi connectivity index (χ2n) is 5.88. The fourth-order valence-corrected chi connectivity index (χ4v) is 4.80. The van der Waals surface area contributed by atoms with Gasteiger partial charge in [0.25, 0.3) is 0 Å². The van der Waals surface area contributed by atoms with Gasteiger partial charge in [-0.25, -0.2) is 13.1 Å². The maximum absolute atomic E-state index is 12.4. The van der Waals surface area contributed by atoms with E-state index in [-0.39, 0.29) is 27.0 Å². The van der Waals surface area contributed by atoms with Crippen molar-refractivity contribution in [1.82, 2.24) is 4.72 Å². The van der Waals surface area contributed by atoms with E-state index in [1.807, 2.05) is 0 Å². The summed E-state index contributed by atoms with van der Waals surface area (Å²) in [4.78, 5) is -0.0812. The number of aliphatic hydroxyl groups excluding tert-OH is 1. The number of benzene rings is 1. The number of rotatable bonds is 5. The van der Waals surface area contributed by atoms with E-state index in [9.17, 15) is 13.5 Å². The first-order valence-electron chi connectivity index (χ1n) is 6.86. The van der Waals surface area contributed by atoms with Gasteiger partial charge in [0.15, 0.2) is 0 Å². The van der Waals surface area contributed by atoms with Crippen LogP contribution in [-0.2, 0) is 16.6 Å². The molecule has 1 fully saturated rings. The third kappa shape index (κ3) is 3.90. The average Bonchev–Trinajstić information content (AvgIpc) is 2.86. The first-order valence-corrected chi connectivity index (χ1v) is 9.10. The van der Waals surface area contributed by atoms with Crippen LogP contribution in [0.2, 0.25) is 10.0 Å². The maximum Gasteiger partial charge on any atom is 0.242 e. The normalized spacial score (nSPS) is 18.1. The smallest absolute Gasteiger partial charge is 0.242 e. The van der Waals surface area contributed by atoms with Crippen LogP contribution in [-0.4, -0.2) is 20.1 Å². The lowest BCUT2D eigenvalue weighted by molar-refractivity contribution is 0.281. The quantitative estimate of drug-likeness (QED) is 0.854. The van der Waals surface area contributed by atoms with Crippen molar-refractivity contribution in [3.63, 3.8) is 0 Å². The Hall–Kier alpha value is -0.330. The molecule has 2 N–H and O–H groups in total. The van der Waals surface area contributed by atoms with Gasteiger partial charge >= 0.3 is 0 Å². The van der Waals surface area contributed by atoms with E-state index in [0.29, 0.717) is 12.1 Å². The van der Waals surface area contributed by atoms with E-state index >= 15 is 0 Å². The molecule has 0 unspecified atom stereocenters. The summed E-state index contributed by atoms with van der Waals surface area (Å²) in [6, 6.07) is 2.77. The van der Waals surface area contributed by atoms with Gasteiger partial charge in [-0.15, -0.1) is 0 Å². The van der Waals surface area contributed by atoms with Crippen LogP contribution in [0.1, 0.15) is 38.2 Å². The Morgan fingerprint density at radius 1 is 1.29 bits per heavy atom. The monoisotopic (exact) mass is 351 g/mol. The lowest BCUT2D eigenvalue weighted by Gasteiger charge is -2.24. The van der Waals surface area contributed by atoms with Crippen molar-refractivity contribution in [2.75, 3.05) is 6.54 Å². The molecule has 1 aliphatic rings. The van der Waals surface area contributed by atoms with E-state index in [4.69, 9.17) is 23.2 Å². The van der Waals surface area contributed by atoms with E-state index < -0.39 is 10.0 Å². The number of sulfonamides is 1. The van der Waals surface area contributed by atoms with Crippen LogP contribution in [0.25, 0.3) is 0 Å². The topological polar surface area (TPSA) is 66.4 Å². The fraction of sp³-hybridized carbons (Fsp3) is 0.571. The molecule has 0 spiro atoms. The summed E-state index contributed by atoms with van der Waals surface area (Å²) in [7, 11) is -3.75. The summed E-state index contributed by atoms with van der Waals surface area (Å²) < 4.78 is 27.5. The Kier molecular flexibility index (Phi) is 5.21. The molecular formula is C14H19Cl2NO3S. The summed E-state index contributed by atoms with van der Waals surface area (Å²) in [5, 5.41) is 9.47. The van der Waals surface area contributed by atoms with Crippen LogP contribution in [0, 0.1) is 5.41 Å². The molecule has 2 rings (SSSR count). The van der Waals surface area contributed by atoms with E-state index in [1.54, 1.807) is 0 Å². The Morgan fingerprint density at radius 2 is 1.90 bits per heavy atom. The van der Waals surface area contributed by atoms with Crippen LogP contribution in [0.15, 0.2) is 17.0 Å². The van der Waals surface area contributed by atoms with Gasteiger partial charge in [-0.1, -0.05) is 43.0 Å². The van der Waals surface area contributed by atoms with Crippen molar-refractivity contribution >= 4 is 33.2 Å². The van der Waals surface area contributed by atoms with Crippen LogP contribution < -0.4 is 4.72 Å². The number of nitrogens with one attached hydrogen (secondary N) is 1. The molecule has 0 bridgehead atoms. The lowest BCUT2D eigenvalue weighted by atomic mass is 9.89. The second-order valence-corrected chi connectivity index (χ2v) is 8.43. The van der Waals surface area contributed by atoms with Crippen molar-refractivity contribution in [2.24, 2.45) is 5.41 Å². The van der Waals surface area contributed by atoms with Gasteiger partial charge in [0, 0.05) is 11.6 Å². The Labute approximate surface area is 135 Å². The molecule has 1 aliphatic carbocycles. The largest absolute Gasteiger partial charge is 0.392 e. The zero-order valence-electron chi connectivity index (χ0n) is 11.8. The van der Waals surface area contributed by atoms with Gasteiger partial charge in [-0.2, -0.15) is 0 Å². The molecule has 0 heterocycles. The van der Waals surface area contributed by atoms with Gasteiger partial charge < -0.3 is 5.11 Å². The third-order valence-corrected chi connectivity index (χ3v) is 6.24. The summed E-state index contributed by atoms with van der Waals surface area (Å²) in [5.74, 6) is 0. The molecule has 0 atom stereocenters. The van der Waals surface area contributed by atoms with Gasteiger partial charge in [0.05, 0.1) is 11.6 Å². The molecular weight excluding hydrogens is 333 g/mol. The highest BCUT2D eigenvalue weighted by molar-refractivity contribution is 7.89. The zero-order valence-corrected chi connectivity index (χ0v) is 14.2. The third-order valence-electron chi connectivity index (χ3n) is 4.04. The van der Waals surface area contributed by atoms with Gasteiger partial charge in [-0.3, -0.25) is 0 Å². The van der Waals surface area contributed by atoms with Crippen LogP contribution in [0.5, 0.6) is 0 Å². The maximum atomic E-state index is 12.4. The molecule has 1 saturated carbocycles. The van der Waals surface area contributed by atoms with Crippen LogP contribution in [0.4, 0.5) is 0 Å². The summed E-state index contributed by atoms with van der Waals surface area (Å²) in [6.07, 6.45) is 4.29. The molecule has 21 heavy (non-hydrogen) atoms. The van der Waals surface area contributed by atoms with Crippen molar-refractivity contribution in [2.45, 2.75) is 44.1 Å². The number of aliphatic hydroxyl groups is 1. The molecule has 4 nitrogen and oxygen atoms in total. The molecule has 7 heteroatoms. The van der Waals surface area contributed by atoms with Crippen molar-refractivity contribution in [3.05, 3.63) is 27.7 Å². The lowest BCUT2D eigenvalue weighted by Crippen LogP contribution is -2.34. The first kappa shape index (κ1) is 17.0. The second kappa shape index (κ2) is 6.42. The zero-order chi connectivity index (χ0) is 15.7. The Morgan fingerprint density at radius 3 is 2.48 bits per heavy atom. The summed E-state index contributed by atoms with van der Waals surface area (Å²) in [5.41, 5.74) is 0.300.